The largest absolute Gasteiger partial charge is 0.483 e. The van der Waals surface area contributed by atoms with E-state index in [1.807, 2.05) is 42.2 Å². The Balaban J connectivity index is 1.58. The van der Waals surface area contributed by atoms with Gasteiger partial charge in [-0.15, -0.1) is 0 Å². The molecule has 0 saturated carbocycles. The summed E-state index contributed by atoms with van der Waals surface area (Å²) in [6.07, 6.45) is 0. The highest BCUT2D eigenvalue weighted by molar-refractivity contribution is 6.33. The summed E-state index contributed by atoms with van der Waals surface area (Å²) in [5.41, 5.74) is 3.69. The van der Waals surface area contributed by atoms with Crippen LogP contribution in [0.3, 0.4) is 0 Å². The molecule has 1 saturated heterocycles. The molecule has 0 radical (unpaired) electrons. The summed E-state index contributed by atoms with van der Waals surface area (Å²) in [5, 5.41) is 3.41. The molecular weight excluding hydrogens is 414 g/mol. The van der Waals surface area contributed by atoms with Gasteiger partial charge in [-0.3, -0.25) is 9.59 Å². The van der Waals surface area contributed by atoms with Crippen molar-refractivity contribution in [3.8, 4) is 5.75 Å². The third-order valence-corrected chi connectivity index (χ3v) is 5.75. The number of amides is 2. The fraction of sp³-hybridized carbons (Fsp3) is 0.417. The second kappa shape index (κ2) is 10.1. The fourth-order valence-corrected chi connectivity index (χ4v) is 3.99. The Morgan fingerprint density at radius 1 is 1.10 bits per heavy atom. The molecular formula is C24H30ClN3O3. The number of hydrogen-bond acceptors (Lipinski definition) is 4. The van der Waals surface area contributed by atoms with Crippen LogP contribution in [-0.2, 0) is 9.59 Å². The SMILES string of the molecule is CC(=O)N1CCN(c2ccc(NC(=O)COc3cc(C)ccc3C(C)C)cc2Cl)CC1. The van der Waals surface area contributed by atoms with Gasteiger partial charge in [0.15, 0.2) is 6.61 Å². The number of carbonyl (C=O) groups excluding carboxylic acids is 2. The van der Waals surface area contributed by atoms with Crippen LogP contribution in [0.4, 0.5) is 11.4 Å². The van der Waals surface area contributed by atoms with Crippen LogP contribution in [0.2, 0.25) is 5.02 Å². The average molecular weight is 444 g/mol. The molecule has 0 spiro atoms. The van der Waals surface area contributed by atoms with Gasteiger partial charge in [0.25, 0.3) is 5.91 Å². The molecule has 6 nitrogen and oxygen atoms in total. The Hall–Kier alpha value is -2.73. The van der Waals surface area contributed by atoms with Crippen molar-refractivity contribution in [3.63, 3.8) is 0 Å². The van der Waals surface area contributed by atoms with Crippen molar-refractivity contribution < 1.29 is 14.3 Å². The smallest absolute Gasteiger partial charge is 0.262 e. The molecule has 0 aromatic heterocycles. The number of benzene rings is 2. The topological polar surface area (TPSA) is 61.9 Å². The number of nitrogens with one attached hydrogen (secondary N) is 1. The van der Waals surface area contributed by atoms with Gasteiger partial charge >= 0.3 is 0 Å². The molecule has 1 fully saturated rings. The maximum absolute atomic E-state index is 12.4. The molecule has 1 heterocycles. The average Bonchev–Trinajstić information content (AvgIpc) is 2.72. The zero-order chi connectivity index (χ0) is 22.5. The van der Waals surface area contributed by atoms with Crippen molar-refractivity contribution in [2.45, 2.75) is 33.6 Å². The molecule has 3 rings (SSSR count). The molecule has 0 unspecified atom stereocenters. The molecule has 1 aliphatic rings. The normalized spacial score (nSPS) is 14.0. The van der Waals surface area contributed by atoms with Crippen molar-refractivity contribution in [3.05, 3.63) is 52.5 Å². The maximum Gasteiger partial charge on any atom is 0.262 e. The quantitative estimate of drug-likeness (QED) is 0.716. The molecule has 166 valence electrons. The predicted octanol–water partition coefficient (Wildman–Crippen LogP) is 4.46. The Morgan fingerprint density at radius 2 is 1.81 bits per heavy atom. The number of anilines is 2. The van der Waals surface area contributed by atoms with E-state index in [0.717, 1.165) is 35.7 Å². The highest BCUT2D eigenvalue weighted by Gasteiger charge is 2.20. The van der Waals surface area contributed by atoms with E-state index >= 15 is 0 Å². The van der Waals surface area contributed by atoms with Crippen LogP contribution in [0.5, 0.6) is 5.75 Å². The Kier molecular flexibility index (Phi) is 7.44. The Bertz CT molecular complexity index is 953. The third kappa shape index (κ3) is 5.91. The van der Waals surface area contributed by atoms with E-state index in [0.29, 0.717) is 29.7 Å². The molecule has 2 aromatic rings. The highest BCUT2D eigenvalue weighted by Crippen LogP contribution is 2.30. The van der Waals surface area contributed by atoms with Crippen molar-refractivity contribution in [1.82, 2.24) is 4.90 Å². The molecule has 1 N–H and O–H groups in total. The number of ether oxygens (including phenoxy) is 1. The monoisotopic (exact) mass is 443 g/mol. The van der Waals surface area contributed by atoms with E-state index in [1.54, 1.807) is 13.0 Å². The van der Waals surface area contributed by atoms with E-state index in [9.17, 15) is 9.59 Å². The Labute approximate surface area is 189 Å². The summed E-state index contributed by atoms with van der Waals surface area (Å²) in [6.45, 7) is 10.5. The van der Waals surface area contributed by atoms with E-state index < -0.39 is 0 Å². The first-order valence-electron chi connectivity index (χ1n) is 10.6. The first-order chi connectivity index (χ1) is 14.7. The lowest BCUT2D eigenvalue weighted by Gasteiger charge is -2.36. The van der Waals surface area contributed by atoms with Gasteiger partial charge in [-0.2, -0.15) is 0 Å². The predicted molar refractivity (Wildman–Crippen MR) is 125 cm³/mol. The molecule has 1 aliphatic heterocycles. The van der Waals surface area contributed by atoms with E-state index in [-0.39, 0.29) is 18.4 Å². The summed E-state index contributed by atoms with van der Waals surface area (Å²) in [5.74, 6) is 0.901. The van der Waals surface area contributed by atoms with Gasteiger partial charge < -0.3 is 19.9 Å². The van der Waals surface area contributed by atoms with Gasteiger partial charge in [0.05, 0.1) is 10.7 Å². The lowest BCUT2D eigenvalue weighted by Crippen LogP contribution is -2.48. The van der Waals surface area contributed by atoms with Crippen LogP contribution in [0.1, 0.15) is 37.8 Å². The first-order valence-corrected chi connectivity index (χ1v) is 11.0. The molecule has 0 aliphatic carbocycles. The van der Waals surface area contributed by atoms with Crippen LogP contribution >= 0.6 is 11.6 Å². The van der Waals surface area contributed by atoms with E-state index in [1.165, 1.54) is 0 Å². The maximum atomic E-state index is 12.4. The summed E-state index contributed by atoms with van der Waals surface area (Å²) < 4.78 is 5.81. The second-order valence-corrected chi connectivity index (χ2v) is 8.60. The summed E-state index contributed by atoms with van der Waals surface area (Å²) in [6, 6.07) is 11.5. The third-order valence-electron chi connectivity index (χ3n) is 5.45. The van der Waals surface area contributed by atoms with Crippen molar-refractivity contribution in [2.24, 2.45) is 0 Å². The van der Waals surface area contributed by atoms with Crippen LogP contribution in [-0.4, -0.2) is 49.5 Å². The lowest BCUT2D eigenvalue weighted by molar-refractivity contribution is -0.129. The number of halogens is 1. The number of aryl methyl sites for hydroxylation is 1. The van der Waals surface area contributed by atoms with Gasteiger partial charge in [-0.1, -0.05) is 37.6 Å². The van der Waals surface area contributed by atoms with Crippen molar-refractivity contribution in [1.29, 1.82) is 0 Å². The lowest BCUT2D eigenvalue weighted by atomic mass is 10.0. The highest BCUT2D eigenvalue weighted by atomic mass is 35.5. The zero-order valence-electron chi connectivity index (χ0n) is 18.6. The number of carbonyl (C=O) groups is 2. The van der Waals surface area contributed by atoms with E-state index in [2.05, 4.69) is 24.1 Å². The number of nitrogens with zero attached hydrogens (tertiary/aromatic N) is 2. The molecule has 2 amide bonds. The second-order valence-electron chi connectivity index (χ2n) is 8.19. The number of hydrogen-bond donors (Lipinski definition) is 1. The van der Waals surface area contributed by atoms with Crippen LogP contribution in [0, 0.1) is 6.92 Å². The molecule has 31 heavy (non-hydrogen) atoms. The van der Waals surface area contributed by atoms with Gasteiger partial charge in [-0.25, -0.2) is 0 Å². The van der Waals surface area contributed by atoms with Gasteiger partial charge in [0, 0.05) is 38.8 Å². The molecule has 7 heteroatoms. The van der Waals surface area contributed by atoms with Gasteiger partial charge in [0.2, 0.25) is 5.91 Å². The molecule has 2 aromatic carbocycles. The zero-order valence-corrected chi connectivity index (χ0v) is 19.3. The Morgan fingerprint density at radius 3 is 2.42 bits per heavy atom. The van der Waals surface area contributed by atoms with E-state index in [4.69, 9.17) is 16.3 Å². The van der Waals surface area contributed by atoms with Crippen LogP contribution < -0.4 is 15.0 Å². The van der Waals surface area contributed by atoms with Crippen LogP contribution in [0.15, 0.2) is 36.4 Å². The fourth-order valence-electron chi connectivity index (χ4n) is 3.69. The minimum absolute atomic E-state index is 0.0739. The van der Waals surface area contributed by atoms with Crippen molar-refractivity contribution in [2.75, 3.05) is 43.0 Å². The molecule has 0 bridgehead atoms. The minimum Gasteiger partial charge on any atom is -0.483 e. The number of rotatable bonds is 6. The number of piperazine rings is 1. The minimum atomic E-state index is -0.241. The molecule has 0 atom stereocenters. The van der Waals surface area contributed by atoms with Gasteiger partial charge in [0.1, 0.15) is 5.75 Å². The standard InChI is InChI=1S/C24H30ClN3O3/c1-16(2)20-7-5-17(3)13-23(20)31-15-24(30)26-19-6-8-22(21(25)14-19)28-11-9-27(10-12-28)18(4)29/h5-8,13-14,16H,9-12,15H2,1-4H3,(H,26,30). The van der Waals surface area contributed by atoms with Gasteiger partial charge in [-0.05, 0) is 48.2 Å². The first kappa shape index (κ1) is 22.9. The summed E-state index contributed by atoms with van der Waals surface area (Å²) >= 11 is 6.49. The summed E-state index contributed by atoms with van der Waals surface area (Å²) in [7, 11) is 0. The van der Waals surface area contributed by atoms with Crippen LogP contribution in [0.25, 0.3) is 0 Å². The summed E-state index contributed by atoms with van der Waals surface area (Å²) in [4.78, 5) is 27.9. The van der Waals surface area contributed by atoms with Crippen molar-refractivity contribution >= 4 is 34.8 Å².